The first kappa shape index (κ1) is 46.1. The predicted molar refractivity (Wildman–Crippen MR) is 112 cm³/mol. The third-order valence-electron chi connectivity index (χ3n) is 4.76. The first-order valence-electron chi connectivity index (χ1n) is 9.74. The van der Waals surface area contributed by atoms with E-state index in [9.17, 15) is 28.7 Å². The monoisotopic (exact) mass is 536 g/mol. The van der Waals surface area contributed by atoms with Crippen LogP contribution in [0.2, 0.25) is 0 Å². The third kappa shape index (κ3) is 19.0. The second-order valence-corrected chi connectivity index (χ2v) is 12.2. The quantitative estimate of drug-likeness (QED) is 0.139. The van der Waals surface area contributed by atoms with Gasteiger partial charge in [0.15, 0.2) is 0 Å². The summed E-state index contributed by atoms with van der Waals surface area (Å²) >= 11 is 0. The molecule has 0 amide bonds. The van der Waals surface area contributed by atoms with Crippen LogP contribution in [0, 0.1) is 0 Å². The number of allylic oxidation sites excluding steroid dienone is 8. The van der Waals surface area contributed by atoms with Gasteiger partial charge in [0.2, 0.25) is 0 Å². The van der Waals surface area contributed by atoms with Gasteiger partial charge in [-0.3, -0.25) is 0 Å². The summed E-state index contributed by atoms with van der Waals surface area (Å²) in [6, 6.07) is 0. The van der Waals surface area contributed by atoms with Crippen LogP contribution in [0.4, 0.5) is 0 Å². The largest absolute Gasteiger partial charge is 1.00 e. The molecule has 12 heteroatoms. The molecule has 0 N–H and O–H groups in total. The van der Waals surface area contributed by atoms with Crippen LogP contribution < -0.4 is 138 Å². The van der Waals surface area contributed by atoms with Gasteiger partial charge in [-0.25, -0.2) is 0 Å². The SMILES string of the molecule is CC(C)=CCCC(C)=CCC(CC=C(C)CCC=C(C)C)(P(=O)([O-])[O-])P(=O)([O-])[O-].[Na+].[Na+].[Na+].[Na+]. The second kappa shape index (κ2) is 22.1. The molecule has 0 aliphatic carbocycles. The molecule has 168 valence electrons. The van der Waals surface area contributed by atoms with Crippen molar-refractivity contribution in [3.8, 4) is 0 Å². The summed E-state index contributed by atoms with van der Waals surface area (Å²) in [5, 5.41) is 0. The van der Waals surface area contributed by atoms with Gasteiger partial charge in [-0.15, -0.1) is 0 Å². The third-order valence-corrected chi connectivity index (χ3v) is 9.00. The van der Waals surface area contributed by atoms with Gasteiger partial charge in [0.1, 0.15) is 0 Å². The van der Waals surface area contributed by atoms with E-state index in [0.717, 1.165) is 22.3 Å². The minimum atomic E-state index is -5.73. The zero-order valence-corrected chi connectivity index (χ0v) is 32.2. The second-order valence-electron chi connectivity index (χ2n) is 8.13. The number of rotatable bonds is 12. The number of hydrogen-bond acceptors (Lipinski definition) is 6. The Kier molecular flexibility index (Phi) is 30.9. The van der Waals surface area contributed by atoms with E-state index >= 15 is 0 Å². The minimum absolute atomic E-state index is 0. The molecule has 0 spiro atoms. The average Bonchev–Trinajstić information content (AvgIpc) is 2.51. The van der Waals surface area contributed by atoms with Crippen LogP contribution in [0.25, 0.3) is 0 Å². The molecule has 0 unspecified atom stereocenters. The number of hydrogen-bond donors (Lipinski definition) is 0. The summed E-state index contributed by atoms with van der Waals surface area (Å²) in [7, 11) is -11.5. The maximum atomic E-state index is 12.0. The molecule has 6 nitrogen and oxygen atoms in total. The van der Waals surface area contributed by atoms with Crippen molar-refractivity contribution in [1.29, 1.82) is 0 Å². The van der Waals surface area contributed by atoms with Gasteiger partial charge in [0, 0.05) is 4.90 Å². The van der Waals surface area contributed by atoms with Crippen molar-refractivity contribution in [1.82, 2.24) is 0 Å². The summed E-state index contributed by atoms with van der Waals surface area (Å²) in [5.41, 5.74) is 3.73. The van der Waals surface area contributed by atoms with Crippen LogP contribution in [0.3, 0.4) is 0 Å². The molecule has 0 atom stereocenters. The smallest absolute Gasteiger partial charge is 0.810 e. The van der Waals surface area contributed by atoms with Crippen molar-refractivity contribution >= 4 is 15.2 Å². The molecular weight excluding hydrogens is 502 g/mol. The van der Waals surface area contributed by atoms with E-state index in [0.29, 0.717) is 25.7 Å². The van der Waals surface area contributed by atoms with Crippen molar-refractivity contribution < 1.29 is 147 Å². The van der Waals surface area contributed by atoms with E-state index in [1.54, 1.807) is 13.8 Å². The van der Waals surface area contributed by atoms with Gasteiger partial charge < -0.3 is 28.7 Å². The van der Waals surface area contributed by atoms with Crippen LogP contribution in [0.15, 0.2) is 46.6 Å². The molecule has 33 heavy (non-hydrogen) atoms. The fraction of sp³-hybridized carbons (Fsp3) is 0.619. The summed E-state index contributed by atoms with van der Waals surface area (Å²) in [4.78, 5) is 44.9. The minimum Gasteiger partial charge on any atom is -0.810 e. The molecule has 0 aromatic carbocycles. The standard InChI is InChI=1S/C21H38O6P2.4Na/c1-17(2)9-7-11-19(5)13-15-21(28(22,23)24,29(25,26)27)16-14-20(6)12-8-10-18(3)4;;;;/h9-10,13-14H,7-8,11-12,15-16H2,1-6H3,(H2,22,23,24)(H2,25,26,27);;;;/q;4*+1/p-4. The first-order valence-corrected chi connectivity index (χ1v) is 12.8. The van der Waals surface area contributed by atoms with Gasteiger partial charge in [-0.1, -0.05) is 61.8 Å². The molecular formula is C21H34Na4O6P2. The van der Waals surface area contributed by atoms with E-state index in [-0.39, 0.29) is 118 Å². The molecule has 0 aromatic rings. The first-order chi connectivity index (χ1) is 13.1. The Morgan fingerprint density at radius 2 is 0.879 bits per heavy atom. The maximum absolute atomic E-state index is 12.0. The Balaban J connectivity index is -0.000000653. The molecule has 0 radical (unpaired) electrons. The predicted octanol–water partition coefficient (Wildman–Crippen LogP) is -8.31. The Hall–Kier alpha value is 3.26. The zero-order chi connectivity index (χ0) is 22.9. The molecule has 0 rings (SSSR count). The van der Waals surface area contributed by atoms with Gasteiger partial charge >= 0.3 is 118 Å². The van der Waals surface area contributed by atoms with Crippen LogP contribution in [0.5, 0.6) is 0 Å². The normalized spacial score (nSPS) is 12.3. The summed E-state index contributed by atoms with van der Waals surface area (Å²) in [5.74, 6) is 0. The summed E-state index contributed by atoms with van der Waals surface area (Å²) < 4.78 is 23.9. The van der Waals surface area contributed by atoms with E-state index in [4.69, 9.17) is 0 Å². The fourth-order valence-electron chi connectivity index (χ4n) is 2.74. The van der Waals surface area contributed by atoms with Crippen molar-refractivity contribution in [3.05, 3.63) is 46.6 Å². The van der Waals surface area contributed by atoms with Gasteiger partial charge in [-0.05, 0) is 80.1 Å². The molecule has 0 fully saturated rings. The van der Waals surface area contributed by atoms with Crippen LogP contribution in [-0.2, 0) is 9.13 Å². The van der Waals surface area contributed by atoms with E-state index in [2.05, 4.69) is 0 Å². The van der Waals surface area contributed by atoms with E-state index < -0.39 is 32.9 Å². The van der Waals surface area contributed by atoms with Crippen molar-refractivity contribution in [3.63, 3.8) is 0 Å². The van der Waals surface area contributed by atoms with Crippen molar-refractivity contribution in [2.24, 2.45) is 0 Å². The van der Waals surface area contributed by atoms with Gasteiger partial charge in [-0.2, -0.15) is 0 Å². The van der Waals surface area contributed by atoms with E-state index in [1.165, 1.54) is 12.2 Å². The molecule has 0 bridgehead atoms. The van der Waals surface area contributed by atoms with Gasteiger partial charge in [0.05, 0.1) is 0 Å². The van der Waals surface area contributed by atoms with Crippen LogP contribution in [0.1, 0.15) is 80.1 Å². The molecule has 0 aliphatic heterocycles. The molecule has 0 aromatic heterocycles. The molecule has 0 saturated heterocycles. The molecule has 0 heterocycles. The Morgan fingerprint density at radius 1 is 0.606 bits per heavy atom. The summed E-state index contributed by atoms with van der Waals surface area (Å²) in [6.07, 6.45) is 8.14. The van der Waals surface area contributed by atoms with Gasteiger partial charge in [0.25, 0.3) is 0 Å². The summed E-state index contributed by atoms with van der Waals surface area (Å²) in [6.45, 7) is 11.3. The average molecular weight is 536 g/mol. The maximum Gasteiger partial charge on any atom is 1.00 e. The zero-order valence-electron chi connectivity index (χ0n) is 22.4. The van der Waals surface area contributed by atoms with Crippen LogP contribution >= 0.6 is 15.2 Å². The topological polar surface area (TPSA) is 126 Å². The Morgan fingerprint density at radius 3 is 1.09 bits per heavy atom. The fourth-order valence-corrected chi connectivity index (χ4v) is 5.20. The Labute approximate surface area is 289 Å². The van der Waals surface area contributed by atoms with Crippen molar-refractivity contribution in [2.45, 2.75) is 85.0 Å². The van der Waals surface area contributed by atoms with E-state index in [1.807, 2.05) is 39.8 Å². The van der Waals surface area contributed by atoms with Crippen molar-refractivity contribution in [2.75, 3.05) is 0 Å². The molecule has 0 aliphatic rings. The molecule has 0 saturated carbocycles. The Bertz CT molecular complexity index is 695. The van der Waals surface area contributed by atoms with Crippen LogP contribution in [-0.4, -0.2) is 4.90 Å².